The summed E-state index contributed by atoms with van der Waals surface area (Å²) in [7, 11) is 0. The summed E-state index contributed by atoms with van der Waals surface area (Å²) >= 11 is 0. The van der Waals surface area contributed by atoms with Crippen molar-refractivity contribution >= 4 is 11.9 Å². The monoisotopic (exact) mass is 256 g/mol. The molecule has 5 nitrogen and oxygen atoms in total. The molecule has 18 heavy (non-hydrogen) atoms. The van der Waals surface area contributed by atoms with Gasteiger partial charge >= 0.3 is 5.97 Å². The van der Waals surface area contributed by atoms with Gasteiger partial charge < -0.3 is 15.7 Å². The molecule has 1 aliphatic heterocycles. The molecule has 0 aromatic heterocycles. The fourth-order valence-corrected chi connectivity index (χ4v) is 2.35. The van der Waals surface area contributed by atoms with Crippen LogP contribution in [0.25, 0.3) is 0 Å². The first-order valence-electron chi connectivity index (χ1n) is 6.53. The third kappa shape index (κ3) is 3.02. The number of rotatable bonds is 4. The molecule has 0 aliphatic carbocycles. The molecular weight excluding hydrogens is 232 g/mol. The summed E-state index contributed by atoms with van der Waals surface area (Å²) in [6, 6.07) is 0. The van der Waals surface area contributed by atoms with Crippen LogP contribution in [0.3, 0.4) is 0 Å². The van der Waals surface area contributed by atoms with E-state index in [9.17, 15) is 14.7 Å². The Morgan fingerprint density at radius 1 is 1.50 bits per heavy atom. The number of amides is 1. The maximum absolute atomic E-state index is 12.1. The molecule has 1 aliphatic rings. The minimum absolute atomic E-state index is 0.0117. The Hall–Kier alpha value is -1.10. The minimum Gasteiger partial charge on any atom is -0.481 e. The number of carboxylic acid groups (broad SMARTS) is 1. The molecule has 2 atom stereocenters. The van der Waals surface area contributed by atoms with E-state index in [4.69, 9.17) is 5.73 Å². The van der Waals surface area contributed by atoms with Crippen molar-refractivity contribution in [2.75, 3.05) is 19.6 Å². The van der Waals surface area contributed by atoms with Crippen molar-refractivity contribution in [2.24, 2.45) is 23.0 Å². The first-order chi connectivity index (χ1) is 8.30. The summed E-state index contributed by atoms with van der Waals surface area (Å²) in [5.74, 6) is -0.925. The zero-order chi connectivity index (χ0) is 13.9. The summed E-state index contributed by atoms with van der Waals surface area (Å²) in [5.41, 5.74) is 4.72. The van der Waals surface area contributed by atoms with E-state index in [1.54, 1.807) is 18.7 Å². The van der Waals surface area contributed by atoms with Crippen molar-refractivity contribution in [3.05, 3.63) is 0 Å². The molecule has 1 heterocycles. The maximum Gasteiger partial charge on any atom is 0.309 e. The smallest absolute Gasteiger partial charge is 0.309 e. The van der Waals surface area contributed by atoms with Crippen LogP contribution in [-0.4, -0.2) is 41.5 Å². The SMILES string of the molecule is CC(CN)C(=O)N1CCCC(C(C)(C)C(=O)O)C1. The van der Waals surface area contributed by atoms with Crippen molar-refractivity contribution < 1.29 is 14.7 Å². The molecule has 104 valence electrons. The molecule has 0 aromatic rings. The van der Waals surface area contributed by atoms with Gasteiger partial charge in [-0.2, -0.15) is 0 Å². The standard InChI is InChI=1S/C13H24N2O3/c1-9(7-14)11(16)15-6-4-5-10(8-15)13(2,3)12(17)18/h9-10H,4-8,14H2,1-3H3,(H,17,18). The van der Waals surface area contributed by atoms with E-state index in [2.05, 4.69) is 0 Å². The summed E-state index contributed by atoms with van der Waals surface area (Å²) in [5, 5.41) is 9.25. The number of hydrogen-bond donors (Lipinski definition) is 2. The number of nitrogens with two attached hydrogens (primary N) is 1. The Bertz CT molecular complexity index is 328. The van der Waals surface area contributed by atoms with Gasteiger partial charge in [-0.05, 0) is 32.6 Å². The van der Waals surface area contributed by atoms with Crippen molar-refractivity contribution in [3.63, 3.8) is 0 Å². The Morgan fingerprint density at radius 3 is 2.61 bits per heavy atom. The molecule has 1 amide bonds. The molecule has 0 bridgehead atoms. The first-order valence-corrected chi connectivity index (χ1v) is 6.53. The highest BCUT2D eigenvalue weighted by Gasteiger charge is 2.40. The number of likely N-dealkylation sites (tertiary alicyclic amines) is 1. The van der Waals surface area contributed by atoms with Crippen molar-refractivity contribution in [1.82, 2.24) is 4.90 Å². The lowest BCUT2D eigenvalue weighted by molar-refractivity contribution is -0.153. The fraction of sp³-hybridized carbons (Fsp3) is 0.846. The Morgan fingerprint density at radius 2 is 2.11 bits per heavy atom. The lowest BCUT2D eigenvalue weighted by Gasteiger charge is -2.40. The molecule has 1 rings (SSSR count). The molecule has 1 fully saturated rings. The quantitative estimate of drug-likeness (QED) is 0.783. The van der Waals surface area contributed by atoms with Gasteiger partial charge in [-0.25, -0.2) is 0 Å². The van der Waals surface area contributed by atoms with Crippen molar-refractivity contribution in [3.8, 4) is 0 Å². The normalized spacial score (nSPS) is 22.7. The third-order valence-corrected chi connectivity index (χ3v) is 4.08. The topological polar surface area (TPSA) is 83.6 Å². The van der Waals surface area contributed by atoms with E-state index in [0.29, 0.717) is 13.1 Å². The van der Waals surface area contributed by atoms with Crippen LogP contribution < -0.4 is 5.73 Å². The average molecular weight is 256 g/mol. The number of carbonyl (C=O) groups is 2. The average Bonchev–Trinajstić information content (AvgIpc) is 2.36. The second kappa shape index (κ2) is 5.69. The van der Waals surface area contributed by atoms with Crippen LogP contribution in [-0.2, 0) is 9.59 Å². The van der Waals surface area contributed by atoms with Crippen molar-refractivity contribution in [1.29, 1.82) is 0 Å². The van der Waals surface area contributed by atoms with E-state index in [1.807, 2.05) is 6.92 Å². The van der Waals surface area contributed by atoms with Gasteiger partial charge in [0.2, 0.25) is 5.91 Å². The van der Waals surface area contributed by atoms with Crippen LogP contribution in [0.15, 0.2) is 0 Å². The molecule has 0 radical (unpaired) electrons. The van der Waals surface area contributed by atoms with Gasteiger partial charge in [-0.15, -0.1) is 0 Å². The maximum atomic E-state index is 12.1. The van der Waals surface area contributed by atoms with Crippen LogP contribution in [0, 0.1) is 17.3 Å². The zero-order valence-electron chi connectivity index (χ0n) is 11.5. The van der Waals surface area contributed by atoms with Crippen molar-refractivity contribution in [2.45, 2.75) is 33.6 Å². The third-order valence-electron chi connectivity index (χ3n) is 4.08. The number of carboxylic acids is 1. The Labute approximate surface area is 108 Å². The molecule has 3 N–H and O–H groups in total. The lowest BCUT2D eigenvalue weighted by atomic mass is 9.74. The molecule has 2 unspecified atom stereocenters. The van der Waals surface area contributed by atoms with Crippen LogP contribution >= 0.6 is 0 Å². The molecular formula is C13H24N2O3. The highest BCUT2D eigenvalue weighted by Crippen LogP contribution is 2.34. The molecule has 5 heteroatoms. The van der Waals surface area contributed by atoms with E-state index >= 15 is 0 Å². The molecule has 0 spiro atoms. The summed E-state index contributed by atoms with van der Waals surface area (Å²) in [4.78, 5) is 25.1. The van der Waals surface area contributed by atoms with Gasteiger partial charge in [0.15, 0.2) is 0 Å². The van der Waals surface area contributed by atoms with Gasteiger partial charge in [0.25, 0.3) is 0 Å². The molecule has 0 saturated carbocycles. The largest absolute Gasteiger partial charge is 0.481 e. The van der Waals surface area contributed by atoms with E-state index < -0.39 is 11.4 Å². The summed E-state index contributed by atoms with van der Waals surface area (Å²) < 4.78 is 0. The molecule has 0 aromatic carbocycles. The van der Waals surface area contributed by atoms with Gasteiger partial charge in [-0.1, -0.05) is 6.92 Å². The summed E-state index contributed by atoms with van der Waals surface area (Å²) in [6.07, 6.45) is 1.73. The van der Waals surface area contributed by atoms with Crippen LogP contribution in [0.5, 0.6) is 0 Å². The number of carbonyl (C=O) groups excluding carboxylic acids is 1. The minimum atomic E-state index is -0.798. The number of hydrogen-bond acceptors (Lipinski definition) is 3. The Balaban J connectivity index is 2.73. The van der Waals surface area contributed by atoms with Gasteiger partial charge in [-0.3, -0.25) is 9.59 Å². The zero-order valence-corrected chi connectivity index (χ0v) is 11.5. The van der Waals surface area contributed by atoms with E-state index in [0.717, 1.165) is 19.4 Å². The van der Waals surface area contributed by atoms with Gasteiger partial charge in [0.1, 0.15) is 0 Å². The summed E-state index contributed by atoms with van der Waals surface area (Å²) in [6.45, 7) is 6.87. The highest BCUT2D eigenvalue weighted by atomic mass is 16.4. The van der Waals surface area contributed by atoms with Gasteiger partial charge in [0, 0.05) is 25.6 Å². The number of nitrogens with zero attached hydrogens (tertiary/aromatic N) is 1. The number of aliphatic carboxylic acids is 1. The Kier molecular flexibility index (Phi) is 4.73. The predicted octanol–water partition coefficient (Wildman–Crippen LogP) is 0.931. The van der Waals surface area contributed by atoms with E-state index in [1.165, 1.54) is 0 Å². The second-order valence-electron chi connectivity index (χ2n) is 5.79. The number of piperidine rings is 1. The van der Waals surface area contributed by atoms with Crippen LogP contribution in [0.1, 0.15) is 33.6 Å². The highest BCUT2D eigenvalue weighted by molar-refractivity contribution is 5.79. The first kappa shape index (κ1) is 15.0. The molecule has 1 saturated heterocycles. The predicted molar refractivity (Wildman–Crippen MR) is 68.9 cm³/mol. The van der Waals surface area contributed by atoms with Crippen LogP contribution in [0.4, 0.5) is 0 Å². The van der Waals surface area contributed by atoms with Crippen LogP contribution in [0.2, 0.25) is 0 Å². The lowest BCUT2D eigenvalue weighted by Crippen LogP contribution is -2.48. The van der Waals surface area contributed by atoms with Gasteiger partial charge in [0.05, 0.1) is 5.41 Å². The van der Waals surface area contributed by atoms with E-state index in [-0.39, 0.29) is 17.7 Å². The fourth-order valence-electron chi connectivity index (χ4n) is 2.35. The second-order valence-corrected chi connectivity index (χ2v) is 5.79.